The number of ether oxygens (including phenoxy) is 2. The van der Waals surface area contributed by atoms with Crippen molar-refractivity contribution in [1.29, 1.82) is 0 Å². The van der Waals surface area contributed by atoms with E-state index in [2.05, 4.69) is 10.6 Å². The van der Waals surface area contributed by atoms with E-state index in [-0.39, 0.29) is 31.1 Å². The maximum absolute atomic E-state index is 12.8. The number of fused-ring (bicyclic) bond motifs is 1. The molecule has 3 rings (SSSR count). The molecule has 0 bridgehead atoms. The molecule has 0 spiro atoms. The number of carbonyl (C=O) groups is 2. The third-order valence-electron chi connectivity index (χ3n) is 6.43. The summed E-state index contributed by atoms with van der Waals surface area (Å²) >= 11 is 0. The predicted molar refractivity (Wildman–Crippen MR) is 140 cm³/mol. The topological polar surface area (TPSA) is 117 Å². The van der Waals surface area contributed by atoms with Crippen LogP contribution in [0.5, 0.6) is 5.75 Å². The monoisotopic (exact) mass is 498 g/mol. The van der Waals surface area contributed by atoms with Crippen LogP contribution in [-0.2, 0) is 22.4 Å². The van der Waals surface area contributed by atoms with Gasteiger partial charge >= 0.3 is 12.0 Å². The lowest BCUT2D eigenvalue weighted by Crippen LogP contribution is -2.25. The van der Waals surface area contributed by atoms with Gasteiger partial charge in [0.1, 0.15) is 11.4 Å². The number of aliphatic hydroxyl groups excluding tert-OH is 2. The molecule has 2 amide bonds. The van der Waals surface area contributed by atoms with Gasteiger partial charge in [-0.05, 0) is 82.7 Å². The van der Waals surface area contributed by atoms with Crippen molar-refractivity contribution < 1.29 is 29.3 Å². The Bertz CT molecular complexity index is 1080. The summed E-state index contributed by atoms with van der Waals surface area (Å²) in [6.07, 6.45) is -0.287. The van der Waals surface area contributed by atoms with Crippen LogP contribution in [0.15, 0.2) is 30.3 Å². The number of amides is 2. The number of hydrogen-bond acceptors (Lipinski definition) is 6. The maximum atomic E-state index is 12.8. The number of nitrogens with one attached hydrogen (secondary N) is 2. The van der Waals surface area contributed by atoms with Gasteiger partial charge in [0, 0.05) is 23.4 Å². The van der Waals surface area contributed by atoms with Crippen molar-refractivity contribution in [3.8, 4) is 5.75 Å². The second kappa shape index (κ2) is 11.8. The number of hydrogen-bond donors (Lipinski definition) is 4. The minimum absolute atomic E-state index is 0.0723. The van der Waals surface area contributed by atoms with Crippen molar-refractivity contribution in [3.05, 3.63) is 52.6 Å². The third kappa shape index (κ3) is 6.98. The molecular weight excluding hydrogens is 460 g/mol. The van der Waals surface area contributed by atoms with Crippen LogP contribution in [0.3, 0.4) is 0 Å². The maximum Gasteiger partial charge on any atom is 0.323 e. The van der Waals surface area contributed by atoms with E-state index < -0.39 is 18.2 Å². The highest BCUT2D eigenvalue weighted by atomic mass is 16.5. The Morgan fingerprint density at radius 1 is 1.08 bits per heavy atom. The molecule has 196 valence electrons. The lowest BCUT2D eigenvalue weighted by molar-refractivity contribution is -0.145. The van der Waals surface area contributed by atoms with E-state index in [0.717, 1.165) is 33.7 Å². The summed E-state index contributed by atoms with van der Waals surface area (Å²) in [6.45, 7) is 9.94. The molecule has 0 fully saturated rings. The first kappa shape index (κ1) is 27.5. The van der Waals surface area contributed by atoms with E-state index in [1.165, 1.54) is 0 Å². The number of anilines is 2. The average molecular weight is 499 g/mol. The van der Waals surface area contributed by atoms with Crippen LogP contribution in [0.4, 0.5) is 16.2 Å². The van der Waals surface area contributed by atoms with Crippen molar-refractivity contribution in [3.63, 3.8) is 0 Å². The Hall–Kier alpha value is -3.10. The Morgan fingerprint density at radius 3 is 2.44 bits per heavy atom. The van der Waals surface area contributed by atoms with Gasteiger partial charge in [0.15, 0.2) is 0 Å². The molecule has 1 heterocycles. The van der Waals surface area contributed by atoms with E-state index in [1.54, 1.807) is 6.92 Å². The Balaban J connectivity index is 1.78. The van der Waals surface area contributed by atoms with E-state index in [4.69, 9.17) is 9.47 Å². The normalized spacial score (nSPS) is 15.4. The Kier molecular flexibility index (Phi) is 8.98. The fraction of sp³-hybridized carbons (Fsp3) is 0.500. The van der Waals surface area contributed by atoms with Crippen LogP contribution in [0.25, 0.3) is 0 Å². The van der Waals surface area contributed by atoms with Crippen LogP contribution < -0.4 is 15.4 Å². The highest BCUT2D eigenvalue weighted by molar-refractivity contribution is 6.01. The summed E-state index contributed by atoms with van der Waals surface area (Å²) in [7, 11) is 0. The molecule has 8 nitrogen and oxygen atoms in total. The predicted octanol–water partition coefficient (Wildman–Crippen LogP) is 4.66. The molecule has 2 unspecified atom stereocenters. The SMILES string of the molecule is CCOC(=O)CC(O)CC(O)CCc1c(C)c(NC(=O)Nc2ccccc2)c(C)c2c1OC(C)(C)C2. The summed E-state index contributed by atoms with van der Waals surface area (Å²) in [4.78, 5) is 24.4. The number of carbonyl (C=O) groups excluding carboxylic acids is 2. The number of benzene rings is 2. The Morgan fingerprint density at radius 2 is 1.78 bits per heavy atom. The number of esters is 1. The van der Waals surface area contributed by atoms with Gasteiger partial charge in [-0.3, -0.25) is 4.79 Å². The first-order valence-electron chi connectivity index (χ1n) is 12.5. The number of para-hydroxylation sites is 1. The largest absolute Gasteiger partial charge is 0.487 e. The molecule has 1 aliphatic rings. The molecule has 0 aliphatic carbocycles. The summed E-state index contributed by atoms with van der Waals surface area (Å²) in [5.74, 6) is 0.327. The Labute approximate surface area is 213 Å². The van der Waals surface area contributed by atoms with Crippen molar-refractivity contribution >= 4 is 23.4 Å². The standard InChI is InChI=1S/C28H38N2O6/c1-6-35-24(33)15-21(32)14-20(31)12-13-22-17(2)25(18(3)23-16-28(4,5)36-26(22)23)30-27(34)29-19-10-8-7-9-11-19/h7-11,20-21,31-32H,6,12-16H2,1-5H3,(H2,29,30,34). The van der Waals surface area contributed by atoms with E-state index in [0.29, 0.717) is 24.9 Å². The molecule has 0 saturated carbocycles. The van der Waals surface area contributed by atoms with Crippen LogP contribution in [0.2, 0.25) is 0 Å². The zero-order valence-corrected chi connectivity index (χ0v) is 21.8. The molecule has 4 N–H and O–H groups in total. The minimum Gasteiger partial charge on any atom is -0.487 e. The van der Waals surface area contributed by atoms with Crippen LogP contribution in [0.1, 0.15) is 62.3 Å². The fourth-order valence-electron chi connectivity index (χ4n) is 4.70. The van der Waals surface area contributed by atoms with E-state index >= 15 is 0 Å². The number of rotatable bonds is 10. The van der Waals surface area contributed by atoms with Gasteiger partial charge in [-0.25, -0.2) is 4.79 Å². The first-order valence-corrected chi connectivity index (χ1v) is 12.5. The number of urea groups is 1. The molecule has 8 heteroatoms. The van der Waals surface area contributed by atoms with Gasteiger partial charge in [-0.1, -0.05) is 18.2 Å². The first-order chi connectivity index (χ1) is 17.0. The number of aliphatic hydroxyl groups is 2. The zero-order valence-electron chi connectivity index (χ0n) is 21.8. The summed E-state index contributed by atoms with van der Waals surface area (Å²) < 4.78 is 11.2. The summed E-state index contributed by atoms with van der Waals surface area (Å²) in [6, 6.07) is 8.90. The van der Waals surface area contributed by atoms with Crippen molar-refractivity contribution in [2.24, 2.45) is 0 Å². The molecule has 0 aromatic heterocycles. The third-order valence-corrected chi connectivity index (χ3v) is 6.43. The van der Waals surface area contributed by atoms with Crippen LogP contribution >= 0.6 is 0 Å². The lowest BCUT2D eigenvalue weighted by Gasteiger charge is -2.22. The second-order valence-electron chi connectivity index (χ2n) is 9.99. The molecule has 2 aromatic rings. The van der Waals surface area contributed by atoms with Crippen molar-refractivity contribution in [2.45, 2.75) is 84.5 Å². The minimum atomic E-state index is -0.974. The average Bonchev–Trinajstić information content (AvgIpc) is 3.12. The highest BCUT2D eigenvalue weighted by Crippen LogP contribution is 2.45. The molecule has 0 saturated heterocycles. The summed E-state index contributed by atoms with van der Waals surface area (Å²) in [5, 5.41) is 26.6. The zero-order chi connectivity index (χ0) is 26.5. The van der Waals surface area contributed by atoms with Gasteiger partial charge in [0.25, 0.3) is 0 Å². The molecule has 2 atom stereocenters. The van der Waals surface area contributed by atoms with E-state index in [1.807, 2.05) is 58.0 Å². The van der Waals surface area contributed by atoms with E-state index in [9.17, 15) is 19.8 Å². The van der Waals surface area contributed by atoms with Crippen molar-refractivity contribution in [2.75, 3.05) is 17.2 Å². The quantitative estimate of drug-likeness (QED) is 0.354. The molecule has 2 aromatic carbocycles. The highest BCUT2D eigenvalue weighted by Gasteiger charge is 2.35. The fourth-order valence-corrected chi connectivity index (χ4v) is 4.70. The van der Waals surface area contributed by atoms with Gasteiger partial charge in [-0.2, -0.15) is 0 Å². The van der Waals surface area contributed by atoms with Crippen LogP contribution in [0, 0.1) is 13.8 Å². The molecular formula is C28H38N2O6. The smallest absolute Gasteiger partial charge is 0.323 e. The van der Waals surface area contributed by atoms with Gasteiger partial charge in [0.05, 0.1) is 25.2 Å². The van der Waals surface area contributed by atoms with Gasteiger partial charge in [0.2, 0.25) is 0 Å². The lowest BCUT2D eigenvalue weighted by atomic mass is 9.89. The van der Waals surface area contributed by atoms with Crippen molar-refractivity contribution in [1.82, 2.24) is 0 Å². The summed E-state index contributed by atoms with van der Waals surface area (Å²) in [5.41, 5.74) is 4.86. The van der Waals surface area contributed by atoms with Gasteiger partial charge < -0.3 is 30.3 Å². The van der Waals surface area contributed by atoms with Gasteiger partial charge in [-0.15, -0.1) is 0 Å². The second-order valence-corrected chi connectivity index (χ2v) is 9.99. The van der Waals surface area contributed by atoms with Crippen LogP contribution in [-0.4, -0.2) is 46.6 Å². The molecule has 0 radical (unpaired) electrons. The molecule has 1 aliphatic heterocycles. The molecule has 36 heavy (non-hydrogen) atoms.